The van der Waals surface area contributed by atoms with Crippen LogP contribution < -0.4 is 5.32 Å². The Balaban J connectivity index is 2.54. The highest BCUT2D eigenvalue weighted by Crippen LogP contribution is 2.24. The zero-order valence-corrected chi connectivity index (χ0v) is 9.25. The lowest BCUT2D eigenvalue weighted by atomic mass is 10.1. The summed E-state index contributed by atoms with van der Waals surface area (Å²) in [6, 6.07) is 12.2. The molecule has 0 aliphatic heterocycles. The summed E-state index contributed by atoms with van der Waals surface area (Å²) in [6.07, 6.45) is 0. The molecule has 0 radical (unpaired) electrons. The lowest BCUT2D eigenvalue weighted by Crippen LogP contribution is -1.97. The van der Waals surface area contributed by atoms with Gasteiger partial charge in [-0.25, -0.2) is 4.98 Å². The topological polar surface area (TPSA) is 68.1 Å². The van der Waals surface area contributed by atoms with Crippen molar-refractivity contribution in [2.75, 3.05) is 12.4 Å². The number of pyridine rings is 1. The van der Waals surface area contributed by atoms with E-state index in [2.05, 4.69) is 10.3 Å². The fraction of sp³-hybridized carbons (Fsp3) is 0.0833. The first kappa shape index (κ1) is 11.1. The third-order valence-corrected chi connectivity index (χ3v) is 2.35. The molecule has 2 rings (SSSR count). The van der Waals surface area contributed by atoms with E-state index in [1.807, 2.05) is 30.3 Å². The molecule has 0 saturated heterocycles. The number of hydrogen-bond donors (Lipinski definition) is 1. The van der Waals surface area contributed by atoms with E-state index in [4.69, 9.17) is 0 Å². The molecule has 1 N–H and O–H groups in total. The number of aromatic nitrogens is 1. The van der Waals surface area contributed by atoms with Crippen molar-refractivity contribution in [2.45, 2.75) is 0 Å². The van der Waals surface area contributed by atoms with E-state index in [1.54, 1.807) is 7.05 Å². The average molecular weight is 229 g/mol. The molecule has 5 heteroatoms. The Labute approximate surface area is 98.3 Å². The Bertz CT molecular complexity index is 541. The van der Waals surface area contributed by atoms with Gasteiger partial charge in [-0.3, -0.25) is 10.1 Å². The SMILES string of the molecule is CNc1cc([N+](=O)[O-])cc(-c2ccccc2)n1. The molecule has 17 heavy (non-hydrogen) atoms. The number of anilines is 1. The van der Waals surface area contributed by atoms with Gasteiger partial charge >= 0.3 is 0 Å². The fourth-order valence-electron chi connectivity index (χ4n) is 1.51. The lowest BCUT2D eigenvalue weighted by molar-refractivity contribution is -0.384. The van der Waals surface area contributed by atoms with Crippen molar-refractivity contribution in [1.82, 2.24) is 4.98 Å². The molecule has 0 aliphatic carbocycles. The Hall–Kier alpha value is -2.43. The van der Waals surface area contributed by atoms with Crippen LogP contribution in [0.15, 0.2) is 42.5 Å². The maximum atomic E-state index is 10.8. The van der Waals surface area contributed by atoms with Crippen LogP contribution in [0, 0.1) is 10.1 Å². The van der Waals surface area contributed by atoms with E-state index in [0.717, 1.165) is 5.56 Å². The fourth-order valence-corrected chi connectivity index (χ4v) is 1.51. The van der Waals surface area contributed by atoms with Crippen LogP contribution in [-0.4, -0.2) is 17.0 Å². The van der Waals surface area contributed by atoms with Gasteiger partial charge in [-0.05, 0) is 0 Å². The van der Waals surface area contributed by atoms with Crippen molar-refractivity contribution in [3.05, 3.63) is 52.6 Å². The molecular weight excluding hydrogens is 218 g/mol. The summed E-state index contributed by atoms with van der Waals surface area (Å²) in [6.45, 7) is 0. The molecule has 0 bridgehead atoms. The Kier molecular flexibility index (Phi) is 3.00. The van der Waals surface area contributed by atoms with Crippen molar-refractivity contribution in [3.63, 3.8) is 0 Å². The van der Waals surface area contributed by atoms with Crippen LogP contribution in [0.1, 0.15) is 0 Å². The smallest absolute Gasteiger partial charge is 0.275 e. The molecule has 0 spiro atoms. The predicted molar refractivity (Wildman–Crippen MR) is 65.9 cm³/mol. The van der Waals surface area contributed by atoms with Crippen LogP contribution >= 0.6 is 0 Å². The molecule has 0 unspecified atom stereocenters. The highest BCUT2D eigenvalue weighted by Gasteiger charge is 2.11. The van der Waals surface area contributed by atoms with Gasteiger partial charge in [0.05, 0.1) is 16.7 Å². The van der Waals surface area contributed by atoms with Crippen molar-refractivity contribution in [2.24, 2.45) is 0 Å². The van der Waals surface area contributed by atoms with Gasteiger partial charge in [0, 0.05) is 18.7 Å². The van der Waals surface area contributed by atoms with Crippen LogP contribution in [0.2, 0.25) is 0 Å². The third kappa shape index (κ3) is 2.39. The van der Waals surface area contributed by atoms with Crippen molar-refractivity contribution in [1.29, 1.82) is 0 Å². The quantitative estimate of drug-likeness (QED) is 0.649. The highest BCUT2D eigenvalue weighted by atomic mass is 16.6. The molecule has 2 aromatic rings. The normalized spacial score (nSPS) is 9.94. The first-order chi connectivity index (χ1) is 8.20. The van der Waals surface area contributed by atoms with E-state index in [0.29, 0.717) is 11.5 Å². The first-order valence-electron chi connectivity index (χ1n) is 5.10. The van der Waals surface area contributed by atoms with Gasteiger partial charge in [0.15, 0.2) is 0 Å². The van der Waals surface area contributed by atoms with Crippen LogP contribution in [-0.2, 0) is 0 Å². The Morgan fingerprint density at radius 2 is 1.94 bits per heavy atom. The summed E-state index contributed by atoms with van der Waals surface area (Å²) in [7, 11) is 1.68. The summed E-state index contributed by atoms with van der Waals surface area (Å²) < 4.78 is 0. The van der Waals surface area contributed by atoms with Gasteiger partial charge in [-0.2, -0.15) is 0 Å². The van der Waals surface area contributed by atoms with Gasteiger partial charge in [-0.1, -0.05) is 30.3 Å². The van der Waals surface area contributed by atoms with Gasteiger partial charge < -0.3 is 5.32 Å². The minimum atomic E-state index is -0.422. The number of nitro groups is 1. The second kappa shape index (κ2) is 4.61. The van der Waals surface area contributed by atoms with Crippen molar-refractivity contribution < 1.29 is 4.92 Å². The monoisotopic (exact) mass is 229 g/mol. The largest absolute Gasteiger partial charge is 0.373 e. The molecule has 1 heterocycles. The second-order valence-corrected chi connectivity index (χ2v) is 3.47. The second-order valence-electron chi connectivity index (χ2n) is 3.47. The molecule has 86 valence electrons. The molecule has 0 amide bonds. The molecule has 0 saturated carbocycles. The van der Waals surface area contributed by atoms with E-state index in [9.17, 15) is 10.1 Å². The molecule has 5 nitrogen and oxygen atoms in total. The minimum absolute atomic E-state index is 0.0307. The van der Waals surface area contributed by atoms with Crippen LogP contribution in [0.4, 0.5) is 11.5 Å². The number of nitrogens with zero attached hydrogens (tertiary/aromatic N) is 2. The van der Waals surface area contributed by atoms with Gasteiger partial charge in [0.2, 0.25) is 0 Å². The van der Waals surface area contributed by atoms with Gasteiger partial charge in [0.25, 0.3) is 5.69 Å². The molecule has 1 aromatic heterocycles. The van der Waals surface area contributed by atoms with Gasteiger partial charge in [-0.15, -0.1) is 0 Å². The van der Waals surface area contributed by atoms with Crippen molar-refractivity contribution in [3.8, 4) is 11.3 Å². The van der Waals surface area contributed by atoms with E-state index < -0.39 is 4.92 Å². The average Bonchev–Trinajstić information content (AvgIpc) is 2.39. The summed E-state index contributed by atoms with van der Waals surface area (Å²) in [5, 5.41) is 13.6. The number of nitrogens with one attached hydrogen (secondary N) is 1. The molecular formula is C12H11N3O2. The number of benzene rings is 1. The van der Waals surface area contributed by atoms with E-state index in [-0.39, 0.29) is 5.69 Å². The summed E-state index contributed by atoms with van der Waals surface area (Å²) in [4.78, 5) is 14.7. The maximum absolute atomic E-state index is 10.8. The summed E-state index contributed by atoms with van der Waals surface area (Å²) >= 11 is 0. The number of rotatable bonds is 3. The Morgan fingerprint density at radius 1 is 1.24 bits per heavy atom. The highest BCUT2D eigenvalue weighted by molar-refractivity contribution is 5.65. The predicted octanol–water partition coefficient (Wildman–Crippen LogP) is 2.70. The maximum Gasteiger partial charge on any atom is 0.275 e. The van der Waals surface area contributed by atoms with Gasteiger partial charge in [0.1, 0.15) is 5.82 Å². The first-order valence-corrected chi connectivity index (χ1v) is 5.10. The molecule has 0 fully saturated rings. The minimum Gasteiger partial charge on any atom is -0.373 e. The molecule has 1 aromatic carbocycles. The standard InChI is InChI=1S/C12H11N3O2/c1-13-12-8-10(15(16)17)7-11(14-12)9-5-3-2-4-6-9/h2-8H,1H3,(H,13,14). The summed E-state index contributed by atoms with van der Waals surface area (Å²) in [5.74, 6) is 0.484. The van der Waals surface area contributed by atoms with E-state index in [1.165, 1.54) is 12.1 Å². The zero-order valence-electron chi connectivity index (χ0n) is 9.25. The molecule has 0 atom stereocenters. The third-order valence-electron chi connectivity index (χ3n) is 2.35. The zero-order chi connectivity index (χ0) is 12.3. The molecule has 0 aliphatic rings. The van der Waals surface area contributed by atoms with E-state index >= 15 is 0 Å². The van der Waals surface area contributed by atoms with Crippen LogP contribution in [0.5, 0.6) is 0 Å². The number of hydrogen-bond acceptors (Lipinski definition) is 4. The van der Waals surface area contributed by atoms with Crippen LogP contribution in [0.25, 0.3) is 11.3 Å². The lowest BCUT2D eigenvalue weighted by Gasteiger charge is -2.04. The summed E-state index contributed by atoms with van der Waals surface area (Å²) in [5.41, 5.74) is 1.47. The van der Waals surface area contributed by atoms with Crippen molar-refractivity contribution >= 4 is 11.5 Å². The Morgan fingerprint density at radius 3 is 2.53 bits per heavy atom. The van der Waals surface area contributed by atoms with Crippen LogP contribution in [0.3, 0.4) is 0 Å².